The number of amides is 1. The Bertz CT molecular complexity index is 509. The molecule has 104 valence electrons. The third-order valence-electron chi connectivity index (χ3n) is 2.39. The summed E-state index contributed by atoms with van der Waals surface area (Å²) in [7, 11) is 0. The highest BCUT2D eigenvalue weighted by molar-refractivity contribution is 6.44. The minimum absolute atomic E-state index is 0.285. The summed E-state index contributed by atoms with van der Waals surface area (Å²) in [6.45, 7) is 5.10. The predicted octanol–water partition coefficient (Wildman–Crippen LogP) is 4.15. The van der Waals surface area contributed by atoms with E-state index in [1.807, 2.05) is 0 Å². The second-order valence-corrected chi connectivity index (χ2v) is 6.37. The average molecular weight is 323 g/mol. The van der Waals surface area contributed by atoms with Gasteiger partial charge in [-0.25, -0.2) is 0 Å². The standard InChI is InChI=1S/C13H14Cl3NO2/c1-13(2,3)11(18)10(16)12(19)17-9-5-4-7(14)6-8(9)15/h4-6,10H,1-3H3,(H,17,19). The molecular weight excluding hydrogens is 309 g/mol. The molecule has 0 bridgehead atoms. The fraction of sp³-hybridized carbons (Fsp3) is 0.385. The van der Waals surface area contributed by atoms with Gasteiger partial charge in [-0.2, -0.15) is 0 Å². The second kappa shape index (κ2) is 6.12. The number of hydrogen-bond donors (Lipinski definition) is 1. The second-order valence-electron chi connectivity index (χ2n) is 5.09. The van der Waals surface area contributed by atoms with Gasteiger partial charge in [0.1, 0.15) is 0 Å². The van der Waals surface area contributed by atoms with Crippen LogP contribution in [0.15, 0.2) is 18.2 Å². The van der Waals surface area contributed by atoms with Crippen LogP contribution in [-0.4, -0.2) is 17.1 Å². The number of anilines is 1. The van der Waals surface area contributed by atoms with Gasteiger partial charge >= 0.3 is 0 Å². The van der Waals surface area contributed by atoms with Crippen LogP contribution in [0, 0.1) is 5.41 Å². The van der Waals surface area contributed by atoms with Gasteiger partial charge < -0.3 is 5.32 Å². The molecule has 0 radical (unpaired) electrons. The van der Waals surface area contributed by atoms with Gasteiger partial charge in [0, 0.05) is 10.4 Å². The van der Waals surface area contributed by atoms with Crippen LogP contribution in [0.3, 0.4) is 0 Å². The molecule has 0 spiro atoms. The number of ketones is 1. The van der Waals surface area contributed by atoms with E-state index in [1.165, 1.54) is 6.07 Å². The fourth-order valence-corrected chi connectivity index (χ4v) is 2.12. The number of alkyl halides is 1. The lowest BCUT2D eigenvalue weighted by Gasteiger charge is -2.20. The molecule has 1 aromatic rings. The minimum Gasteiger partial charge on any atom is -0.323 e. The maximum absolute atomic E-state index is 11.9. The van der Waals surface area contributed by atoms with E-state index < -0.39 is 16.7 Å². The topological polar surface area (TPSA) is 46.2 Å². The summed E-state index contributed by atoms with van der Waals surface area (Å²) in [5.74, 6) is -0.956. The number of nitrogens with one attached hydrogen (secondary N) is 1. The highest BCUT2D eigenvalue weighted by atomic mass is 35.5. The Morgan fingerprint density at radius 3 is 2.26 bits per heavy atom. The summed E-state index contributed by atoms with van der Waals surface area (Å²) in [6, 6.07) is 4.62. The number of carbonyl (C=O) groups is 2. The van der Waals surface area contributed by atoms with Gasteiger partial charge in [-0.05, 0) is 18.2 Å². The molecule has 1 N–H and O–H groups in total. The van der Waals surface area contributed by atoms with Gasteiger partial charge in [-0.1, -0.05) is 44.0 Å². The van der Waals surface area contributed by atoms with Crippen LogP contribution in [0.4, 0.5) is 5.69 Å². The van der Waals surface area contributed by atoms with E-state index in [1.54, 1.807) is 32.9 Å². The van der Waals surface area contributed by atoms with Crippen LogP contribution in [0.25, 0.3) is 0 Å². The molecule has 1 atom stereocenters. The molecular formula is C13H14Cl3NO2. The van der Waals surface area contributed by atoms with Crippen molar-refractivity contribution in [2.45, 2.75) is 26.1 Å². The summed E-state index contributed by atoms with van der Waals surface area (Å²) >= 11 is 17.5. The number of rotatable bonds is 3. The van der Waals surface area contributed by atoms with Crippen molar-refractivity contribution in [3.8, 4) is 0 Å². The van der Waals surface area contributed by atoms with E-state index >= 15 is 0 Å². The Morgan fingerprint density at radius 1 is 1.21 bits per heavy atom. The van der Waals surface area contributed by atoms with Crippen LogP contribution in [0.1, 0.15) is 20.8 Å². The lowest BCUT2D eigenvalue weighted by molar-refractivity contribution is -0.130. The lowest BCUT2D eigenvalue weighted by Crippen LogP contribution is -2.37. The third-order valence-corrected chi connectivity index (χ3v) is 3.33. The molecule has 3 nitrogen and oxygen atoms in total. The first-order valence-corrected chi connectivity index (χ1v) is 6.76. The molecule has 19 heavy (non-hydrogen) atoms. The Hall–Kier alpha value is -0.770. The molecule has 1 rings (SSSR count). The molecule has 0 fully saturated rings. The Kier molecular flexibility index (Phi) is 5.25. The van der Waals surface area contributed by atoms with Gasteiger partial charge in [0.25, 0.3) is 0 Å². The summed E-state index contributed by atoms with van der Waals surface area (Å²) in [4.78, 5) is 23.8. The normalized spacial score (nSPS) is 12.9. The molecule has 0 aliphatic heterocycles. The van der Waals surface area contributed by atoms with E-state index in [2.05, 4.69) is 5.32 Å². The quantitative estimate of drug-likeness (QED) is 0.671. The summed E-state index contributed by atoms with van der Waals surface area (Å²) < 4.78 is 0. The first kappa shape index (κ1) is 16.3. The largest absolute Gasteiger partial charge is 0.323 e. The number of benzene rings is 1. The monoisotopic (exact) mass is 321 g/mol. The van der Waals surface area contributed by atoms with Gasteiger partial charge in [-0.3, -0.25) is 9.59 Å². The number of halogens is 3. The van der Waals surface area contributed by atoms with Gasteiger partial charge in [0.15, 0.2) is 11.2 Å². The van der Waals surface area contributed by atoms with Crippen LogP contribution >= 0.6 is 34.8 Å². The highest BCUT2D eigenvalue weighted by Crippen LogP contribution is 2.26. The maximum atomic E-state index is 11.9. The van der Waals surface area contributed by atoms with Crippen molar-refractivity contribution in [1.82, 2.24) is 0 Å². The van der Waals surface area contributed by atoms with Gasteiger partial charge in [0.2, 0.25) is 5.91 Å². The van der Waals surface area contributed by atoms with Crippen LogP contribution in [-0.2, 0) is 9.59 Å². The third kappa shape index (κ3) is 4.37. The van der Waals surface area contributed by atoms with Crippen molar-refractivity contribution in [2.24, 2.45) is 5.41 Å². The summed E-state index contributed by atoms with van der Waals surface area (Å²) in [6.07, 6.45) is 0. The molecule has 0 aromatic heterocycles. The zero-order valence-corrected chi connectivity index (χ0v) is 13.0. The highest BCUT2D eigenvalue weighted by Gasteiger charge is 2.33. The van der Waals surface area contributed by atoms with E-state index in [-0.39, 0.29) is 10.8 Å². The van der Waals surface area contributed by atoms with Gasteiger partial charge in [0.05, 0.1) is 10.7 Å². The predicted molar refractivity (Wildman–Crippen MR) is 79.2 cm³/mol. The number of carbonyl (C=O) groups excluding carboxylic acids is 2. The van der Waals surface area contributed by atoms with Crippen LogP contribution in [0.5, 0.6) is 0 Å². The molecule has 0 saturated carbocycles. The molecule has 6 heteroatoms. The first-order valence-electron chi connectivity index (χ1n) is 5.57. The van der Waals surface area contributed by atoms with Crippen molar-refractivity contribution in [3.63, 3.8) is 0 Å². The molecule has 0 saturated heterocycles. The van der Waals surface area contributed by atoms with Crippen molar-refractivity contribution in [2.75, 3.05) is 5.32 Å². The molecule has 0 heterocycles. The molecule has 1 unspecified atom stereocenters. The van der Waals surface area contributed by atoms with E-state index in [4.69, 9.17) is 34.8 Å². The van der Waals surface area contributed by atoms with Crippen molar-refractivity contribution in [3.05, 3.63) is 28.2 Å². The van der Waals surface area contributed by atoms with Crippen LogP contribution in [0.2, 0.25) is 10.0 Å². The summed E-state index contributed by atoms with van der Waals surface area (Å²) in [5, 5.41) is 1.99. The van der Waals surface area contributed by atoms with E-state index in [0.717, 1.165) is 0 Å². The Balaban J connectivity index is 2.83. The zero-order valence-electron chi connectivity index (χ0n) is 10.8. The molecule has 1 amide bonds. The van der Waals surface area contributed by atoms with E-state index in [9.17, 15) is 9.59 Å². The fourth-order valence-electron chi connectivity index (χ4n) is 1.29. The molecule has 0 aliphatic rings. The molecule has 0 aliphatic carbocycles. The Labute approximate surface area is 127 Å². The van der Waals surface area contributed by atoms with Crippen molar-refractivity contribution in [1.29, 1.82) is 0 Å². The number of hydrogen-bond acceptors (Lipinski definition) is 2. The lowest BCUT2D eigenvalue weighted by atomic mass is 9.88. The number of Topliss-reactive ketones (excluding diaryl/α,β-unsaturated/α-hetero) is 1. The first-order chi connectivity index (χ1) is 8.62. The SMILES string of the molecule is CC(C)(C)C(=O)C(Cl)C(=O)Nc1ccc(Cl)cc1Cl. The minimum atomic E-state index is -1.26. The van der Waals surface area contributed by atoms with E-state index in [0.29, 0.717) is 10.7 Å². The molecule has 1 aromatic carbocycles. The zero-order chi connectivity index (χ0) is 14.8. The average Bonchev–Trinajstić information content (AvgIpc) is 2.29. The van der Waals surface area contributed by atoms with Crippen molar-refractivity contribution >= 4 is 52.2 Å². The summed E-state index contributed by atoms with van der Waals surface area (Å²) in [5.41, 5.74) is -0.323. The Morgan fingerprint density at radius 2 is 1.79 bits per heavy atom. The van der Waals surface area contributed by atoms with Gasteiger partial charge in [-0.15, -0.1) is 11.6 Å². The van der Waals surface area contributed by atoms with Crippen LogP contribution < -0.4 is 5.32 Å². The smallest absolute Gasteiger partial charge is 0.250 e. The van der Waals surface area contributed by atoms with Crippen molar-refractivity contribution < 1.29 is 9.59 Å². The maximum Gasteiger partial charge on any atom is 0.250 e.